The zero-order valence-electron chi connectivity index (χ0n) is 11.5. The Morgan fingerprint density at radius 3 is 2.71 bits per heavy atom. The molecule has 0 aromatic rings. The first-order chi connectivity index (χ1) is 8.24. The zero-order chi connectivity index (χ0) is 12.1. The Balaban J connectivity index is 1.78. The lowest BCUT2D eigenvalue weighted by Crippen LogP contribution is -2.42. The van der Waals surface area contributed by atoms with E-state index in [9.17, 15) is 0 Å². The van der Waals surface area contributed by atoms with Crippen LogP contribution in [0.5, 0.6) is 0 Å². The first-order valence-electron chi connectivity index (χ1n) is 7.31. The Morgan fingerprint density at radius 2 is 2.12 bits per heavy atom. The topological polar surface area (TPSA) is 24.5 Å². The summed E-state index contributed by atoms with van der Waals surface area (Å²) in [4.78, 5) is 2.61. The summed E-state index contributed by atoms with van der Waals surface area (Å²) >= 11 is 0. The molecule has 0 aromatic carbocycles. The van der Waals surface area contributed by atoms with Gasteiger partial charge in [0, 0.05) is 32.3 Å². The average Bonchev–Trinajstić information content (AvgIpc) is 2.89. The molecule has 0 amide bonds. The van der Waals surface area contributed by atoms with Crippen molar-refractivity contribution in [3.63, 3.8) is 0 Å². The van der Waals surface area contributed by atoms with Crippen molar-refractivity contribution < 1.29 is 4.74 Å². The minimum Gasteiger partial charge on any atom is -0.377 e. The van der Waals surface area contributed by atoms with E-state index in [2.05, 4.69) is 24.1 Å². The Labute approximate surface area is 106 Å². The molecule has 2 unspecified atom stereocenters. The summed E-state index contributed by atoms with van der Waals surface area (Å²) in [6.45, 7) is 10.4. The Hall–Kier alpha value is -0.120. The van der Waals surface area contributed by atoms with Crippen molar-refractivity contribution in [3.8, 4) is 0 Å². The van der Waals surface area contributed by atoms with Gasteiger partial charge in [-0.1, -0.05) is 13.8 Å². The van der Waals surface area contributed by atoms with Crippen LogP contribution in [0.15, 0.2) is 0 Å². The van der Waals surface area contributed by atoms with E-state index >= 15 is 0 Å². The zero-order valence-corrected chi connectivity index (χ0v) is 11.5. The molecule has 0 spiro atoms. The van der Waals surface area contributed by atoms with Crippen LogP contribution in [0.3, 0.4) is 0 Å². The van der Waals surface area contributed by atoms with Crippen molar-refractivity contribution in [2.75, 3.05) is 32.8 Å². The predicted octanol–water partition coefficient (Wildman–Crippen LogP) is 1.88. The maximum Gasteiger partial charge on any atom is 0.0702 e. The predicted molar refractivity (Wildman–Crippen MR) is 71.3 cm³/mol. The van der Waals surface area contributed by atoms with Gasteiger partial charge in [-0.25, -0.2) is 0 Å². The molecule has 2 fully saturated rings. The molecule has 3 nitrogen and oxygen atoms in total. The molecule has 0 bridgehead atoms. The maximum absolute atomic E-state index is 5.77. The summed E-state index contributed by atoms with van der Waals surface area (Å²) in [5.41, 5.74) is 0. The molecule has 2 saturated heterocycles. The first-order valence-corrected chi connectivity index (χ1v) is 7.31. The molecule has 2 aliphatic heterocycles. The molecule has 17 heavy (non-hydrogen) atoms. The monoisotopic (exact) mass is 240 g/mol. The van der Waals surface area contributed by atoms with Gasteiger partial charge in [-0.3, -0.25) is 4.90 Å². The average molecular weight is 240 g/mol. The summed E-state index contributed by atoms with van der Waals surface area (Å²) < 4.78 is 5.77. The molecule has 2 heterocycles. The highest BCUT2D eigenvalue weighted by atomic mass is 16.5. The van der Waals surface area contributed by atoms with E-state index < -0.39 is 0 Å². The molecule has 0 saturated carbocycles. The Kier molecular flexibility index (Phi) is 5.26. The number of hydrogen-bond donors (Lipinski definition) is 1. The molecule has 1 N–H and O–H groups in total. The third kappa shape index (κ3) is 4.57. The molecular formula is C14H28N2O. The first kappa shape index (κ1) is 13.3. The van der Waals surface area contributed by atoms with Gasteiger partial charge in [0.05, 0.1) is 6.10 Å². The van der Waals surface area contributed by atoms with Crippen LogP contribution in [0, 0.1) is 5.92 Å². The summed E-state index contributed by atoms with van der Waals surface area (Å²) in [5.74, 6) is 0.748. The van der Waals surface area contributed by atoms with E-state index in [4.69, 9.17) is 4.74 Å². The molecule has 0 aromatic heterocycles. The lowest BCUT2D eigenvalue weighted by Gasteiger charge is -2.29. The third-order valence-electron chi connectivity index (χ3n) is 3.75. The Morgan fingerprint density at radius 1 is 1.24 bits per heavy atom. The van der Waals surface area contributed by atoms with Gasteiger partial charge in [0.15, 0.2) is 0 Å². The van der Waals surface area contributed by atoms with Crippen molar-refractivity contribution in [3.05, 3.63) is 0 Å². The van der Waals surface area contributed by atoms with E-state index in [1.807, 2.05) is 0 Å². The van der Waals surface area contributed by atoms with Crippen molar-refractivity contribution >= 4 is 0 Å². The second-order valence-corrected chi connectivity index (χ2v) is 6.04. The lowest BCUT2D eigenvalue weighted by atomic mass is 10.1. The smallest absolute Gasteiger partial charge is 0.0702 e. The summed E-state index contributed by atoms with van der Waals surface area (Å²) in [6, 6.07) is 0.718. The largest absolute Gasteiger partial charge is 0.377 e. The Bertz CT molecular complexity index is 190. The van der Waals surface area contributed by atoms with Crippen LogP contribution in [0.1, 0.15) is 39.5 Å². The van der Waals surface area contributed by atoms with Crippen LogP contribution in [-0.2, 0) is 4.74 Å². The van der Waals surface area contributed by atoms with Crippen LogP contribution in [0.2, 0.25) is 0 Å². The van der Waals surface area contributed by atoms with Crippen LogP contribution in [0.25, 0.3) is 0 Å². The molecule has 2 atom stereocenters. The summed E-state index contributed by atoms with van der Waals surface area (Å²) in [5, 5.41) is 3.60. The van der Waals surface area contributed by atoms with Crippen LogP contribution < -0.4 is 5.32 Å². The number of nitrogens with one attached hydrogen (secondary N) is 1. The van der Waals surface area contributed by atoms with Crippen molar-refractivity contribution in [2.24, 2.45) is 5.92 Å². The van der Waals surface area contributed by atoms with E-state index in [-0.39, 0.29) is 0 Å². The standard InChI is InChI=1S/C14H28N2O/c1-12(2)9-16(10-13-5-3-7-15-13)11-14-6-4-8-17-14/h12-15H,3-11H2,1-2H3. The highest BCUT2D eigenvalue weighted by Crippen LogP contribution is 2.15. The van der Waals surface area contributed by atoms with Gasteiger partial charge in [-0.05, 0) is 38.1 Å². The highest BCUT2D eigenvalue weighted by molar-refractivity contribution is 4.80. The van der Waals surface area contributed by atoms with E-state index in [0.29, 0.717) is 6.10 Å². The summed E-state index contributed by atoms with van der Waals surface area (Å²) in [6.07, 6.45) is 5.70. The fourth-order valence-electron chi connectivity index (χ4n) is 3.04. The highest BCUT2D eigenvalue weighted by Gasteiger charge is 2.23. The van der Waals surface area contributed by atoms with Gasteiger partial charge in [0.25, 0.3) is 0 Å². The fourth-order valence-corrected chi connectivity index (χ4v) is 3.04. The maximum atomic E-state index is 5.77. The number of hydrogen-bond acceptors (Lipinski definition) is 3. The minimum atomic E-state index is 0.496. The van der Waals surface area contributed by atoms with Crippen molar-refractivity contribution in [2.45, 2.75) is 51.7 Å². The van der Waals surface area contributed by atoms with Crippen molar-refractivity contribution in [1.29, 1.82) is 0 Å². The van der Waals surface area contributed by atoms with Gasteiger partial charge in [0.1, 0.15) is 0 Å². The van der Waals surface area contributed by atoms with E-state index in [0.717, 1.165) is 25.1 Å². The van der Waals surface area contributed by atoms with Gasteiger partial charge in [-0.15, -0.1) is 0 Å². The minimum absolute atomic E-state index is 0.496. The molecular weight excluding hydrogens is 212 g/mol. The molecule has 2 rings (SSSR count). The molecule has 2 aliphatic rings. The molecule has 100 valence electrons. The number of nitrogens with zero attached hydrogens (tertiary/aromatic N) is 1. The SMILES string of the molecule is CC(C)CN(CC1CCCN1)CC1CCCO1. The third-order valence-corrected chi connectivity index (χ3v) is 3.75. The quantitative estimate of drug-likeness (QED) is 0.767. The van der Waals surface area contributed by atoms with E-state index in [1.165, 1.54) is 45.3 Å². The van der Waals surface area contributed by atoms with Crippen LogP contribution in [-0.4, -0.2) is 49.8 Å². The van der Waals surface area contributed by atoms with Crippen molar-refractivity contribution in [1.82, 2.24) is 10.2 Å². The fraction of sp³-hybridized carbons (Fsp3) is 1.00. The number of ether oxygens (including phenoxy) is 1. The van der Waals surface area contributed by atoms with Gasteiger partial charge in [-0.2, -0.15) is 0 Å². The van der Waals surface area contributed by atoms with Gasteiger partial charge < -0.3 is 10.1 Å². The summed E-state index contributed by atoms with van der Waals surface area (Å²) in [7, 11) is 0. The lowest BCUT2D eigenvalue weighted by molar-refractivity contribution is 0.0663. The van der Waals surface area contributed by atoms with Gasteiger partial charge >= 0.3 is 0 Å². The molecule has 0 radical (unpaired) electrons. The second-order valence-electron chi connectivity index (χ2n) is 6.04. The second kappa shape index (κ2) is 6.72. The van der Waals surface area contributed by atoms with Gasteiger partial charge in [0.2, 0.25) is 0 Å². The van der Waals surface area contributed by atoms with Crippen LogP contribution >= 0.6 is 0 Å². The van der Waals surface area contributed by atoms with Crippen LogP contribution in [0.4, 0.5) is 0 Å². The number of rotatable bonds is 6. The molecule has 0 aliphatic carbocycles. The molecule has 3 heteroatoms. The normalized spacial score (nSPS) is 29.6. The van der Waals surface area contributed by atoms with E-state index in [1.54, 1.807) is 0 Å².